The minimum atomic E-state index is -0.444. The maximum absolute atomic E-state index is 9.64. The first-order chi connectivity index (χ1) is 8.10. The van der Waals surface area contributed by atoms with Crippen LogP contribution < -0.4 is 5.32 Å². The van der Waals surface area contributed by atoms with E-state index in [1.807, 2.05) is 0 Å². The van der Waals surface area contributed by atoms with Gasteiger partial charge in [0.05, 0.1) is 12.7 Å². The average Bonchev–Trinajstić information content (AvgIpc) is 2.27. The van der Waals surface area contributed by atoms with Gasteiger partial charge in [0.2, 0.25) is 0 Å². The predicted molar refractivity (Wildman–Crippen MR) is 70.0 cm³/mol. The highest BCUT2D eigenvalue weighted by molar-refractivity contribution is 4.64. The van der Waals surface area contributed by atoms with Crippen molar-refractivity contribution in [2.75, 3.05) is 32.9 Å². The standard InChI is InChI=1S/C13H29NO3/c1-4-12(5-6-15)7-14-8-13(16)10-17-9-11(2)3/h11-16H,4-10H2,1-3H3. The van der Waals surface area contributed by atoms with Gasteiger partial charge in [-0.1, -0.05) is 27.2 Å². The van der Waals surface area contributed by atoms with Crippen LogP contribution in [-0.2, 0) is 4.74 Å². The van der Waals surface area contributed by atoms with Gasteiger partial charge in [-0.3, -0.25) is 0 Å². The van der Waals surface area contributed by atoms with E-state index >= 15 is 0 Å². The number of rotatable bonds is 11. The summed E-state index contributed by atoms with van der Waals surface area (Å²) in [5.74, 6) is 0.993. The molecule has 0 spiro atoms. The molecule has 0 saturated heterocycles. The lowest BCUT2D eigenvalue weighted by atomic mass is 10.0. The van der Waals surface area contributed by atoms with Crippen molar-refractivity contribution in [3.63, 3.8) is 0 Å². The van der Waals surface area contributed by atoms with Gasteiger partial charge in [0, 0.05) is 19.8 Å². The van der Waals surface area contributed by atoms with Crippen molar-refractivity contribution in [2.24, 2.45) is 11.8 Å². The average molecular weight is 247 g/mol. The van der Waals surface area contributed by atoms with Gasteiger partial charge >= 0.3 is 0 Å². The first-order valence-corrected chi connectivity index (χ1v) is 6.67. The van der Waals surface area contributed by atoms with E-state index in [9.17, 15) is 5.11 Å². The first-order valence-electron chi connectivity index (χ1n) is 6.67. The fraction of sp³-hybridized carbons (Fsp3) is 1.00. The lowest BCUT2D eigenvalue weighted by Gasteiger charge is -2.17. The molecule has 0 heterocycles. The Bertz CT molecular complexity index is 165. The summed E-state index contributed by atoms with van der Waals surface area (Å²) in [5.41, 5.74) is 0. The Labute approximate surface area is 105 Å². The van der Waals surface area contributed by atoms with E-state index in [4.69, 9.17) is 9.84 Å². The lowest BCUT2D eigenvalue weighted by molar-refractivity contribution is 0.0257. The molecule has 17 heavy (non-hydrogen) atoms. The molecular formula is C13H29NO3. The van der Waals surface area contributed by atoms with E-state index in [1.165, 1.54) is 0 Å². The van der Waals surface area contributed by atoms with Crippen LogP contribution >= 0.6 is 0 Å². The van der Waals surface area contributed by atoms with Crippen LogP contribution in [0.5, 0.6) is 0 Å². The summed E-state index contributed by atoms with van der Waals surface area (Å²) in [6.07, 6.45) is 1.43. The predicted octanol–water partition coefficient (Wildman–Crippen LogP) is 1.02. The van der Waals surface area contributed by atoms with Crippen LogP contribution in [0.25, 0.3) is 0 Å². The third-order valence-electron chi connectivity index (χ3n) is 2.69. The topological polar surface area (TPSA) is 61.7 Å². The van der Waals surface area contributed by atoms with Crippen molar-refractivity contribution in [3.05, 3.63) is 0 Å². The Kier molecular flexibility index (Phi) is 10.9. The van der Waals surface area contributed by atoms with Gasteiger partial charge in [0.15, 0.2) is 0 Å². The van der Waals surface area contributed by atoms with Crippen LogP contribution in [0.1, 0.15) is 33.6 Å². The fourth-order valence-corrected chi connectivity index (χ4v) is 1.59. The van der Waals surface area contributed by atoms with Crippen LogP contribution in [0.15, 0.2) is 0 Å². The normalized spacial score (nSPS) is 15.2. The van der Waals surface area contributed by atoms with Crippen LogP contribution in [0, 0.1) is 11.8 Å². The van der Waals surface area contributed by atoms with Crippen molar-refractivity contribution < 1.29 is 14.9 Å². The fourth-order valence-electron chi connectivity index (χ4n) is 1.59. The molecule has 0 aliphatic carbocycles. The molecule has 2 atom stereocenters. The number of nitrogens with one attached hydrogen (secondary N) is 1. The number of aliphatic hydroxyl groups is 2. The zero-order valence-electron chi connectivity index (χ0n) is 11.5. The van der Waals surface area contributed by atoms with Crippen molar-refractivity contribution >= 4 is 0 Å². The quantitative estimate of drug-likeness (QED) is 0.510. The largest absolute Gasteiger partial charge is 0.396 e. The smallest absolute Gasteiger partial charge is 0.0897 e. The van der Waals surface area contributed by atoms with Crippen molar-refractivity contribution in [1.29, 1.82) is 0 Å². The summed E-state index contributed by atoms with van der Waals surface area (Å²) >= 11 is 0. The van der Waals surface area contributed by atoms with E-state index < -0.39 is 6.10 Å². The summed E-state index contributed by atoms with van der Waals surface area (Å²) in [6.45, 7) is 9.01. The Balaban J connectivity index is 3.45. The molecule has 4 heteroatoms. The summed E-state index contributed by atoms with van der Waals surface area (Å²) in [7, 11) is 0. The van der Waals surface area contributed by atoms with Crippen LogP contribution in [0.4, 0.5) is 0 Å². The summed E-state index contributed by atoms with van der Waals surface area (Å²) in [5, 5.41) is 21.7. The Hall–Kier alpha value is -0.160. The molecule has 3 N–H and O–H groups in total. The Morgan fingerprint density at radius 2 is 1.88 bits per heavy atom. The van der Waals surface area contributed by atoms with Crippen molar-refractivity contribution in [2.45, 2.75) is 39.7 Å². The number of hydrogen-bond donors (Lipinski definition) is 3. The lowest BCUT2D eigenvalue weighted by Crippen LogP contribution is -2.34. The highest BCUT2D eigenvalue weighted by Crippen LogP contribution is 2.05. The van der Waals surface area contributed by atoms with Gasteiger partial charge < -0.3 is 20.3 Å². The van der Waals surface area contributed by atoms with E-state index in [1.54, 1.807) is 0 Å². The highest BCUT2D eigenvalue weighted by Gasteiger charge is 2.08. The molecule has 0 aromatic heterocycles. The Morgan fingerprint density at radius 3 is 2.41 bits per heavy atom. The van der Waals surface area contributed by atoms with Gasteiger partial charge in [-0.05, 0) is 24.8 Å². The molecule has 4 nitrogen and oxygen atoms in total. The molecule has 0 saturated carbocycles. The molecule has 2 unspecified atom stereocenters. The third-order valence-corrected chi connectivity index (χ3v) is 2.69. The molecule has 0 rings (SSSR count). The minimum Gasteiger partial charge on any atom is -0.396 e. The van der Waals surface area contributed by atoms with Crippen molar-refractivity contribution in [1.82, 2.24) is 5.32 Å². The zero-order chi connectivity index (χ0) is 13.1. The van der Waals surface area contributed by atoms with Gasteiger partial charge in [-0.15, -0.1) is 0 Å². The summed E-state index contributed by atoms with van der Waals surface area (Å²) in [4.78, 5) is 0. The van der Waals surface area contributed by atoms with Crippen LogP contribution in [0.3, 0.4) is 0 Å². The third kappa shape index (κ3) is 10.7. The molecule has 0 bridgehead atoms. The van der Waals surface area contributed by atoms with Gasteiger partial charge in [0.25, 0.3) is 0 Å². The van der Waals surface area contributed by atoms with Crippen molar-refractivity contribution in [3.8, 4) is 0 Å². The molecule has 0 amide bonds. The van der Waals surface area contributed by atoms with E-state index in [0.717, 1.165) is 19.4 Å². The molecule has 0 aromatic carbocycles. The first kappa shape index (κ1) is 16.8. The maximum Gasteiger partial charge on any atom is 0.0897 e. The maximum atomic E-state index is 9.64. The molecular weight excluding hydrogens is 218 g/mol. The highest BCUT2D eigenvalue weighted by atomic mass is 16.5. The zero-order valence-corrected chi connectivity index (χ0v) is 11.5. The SMILES string of the molecule is CCC(CCO)CNCC(O)COCC(C)C. The van der Waals surface area contributed by atoms with E-state index in [0.29, 0.717) is 31.6 Å². The molecule has 0 aliphatic rings. The second-order valence-corrected chi connectivity index (χ2v) is 5.03. The minimum absolute atomic E-state index is 0.236. The van der Waals surface area contributed by atoms with Gasteiger partial charge in [-0.25, -0.2) is 0 Å². The van der Waals surface area contributed by atoms with Crippen LogP contribution in [-0.4, -0.2) is 49.2 Å². The van der Waals surface area contributed by atoms with Gasteiger partial charge in [-0.2, -0.15) is 0 Å². The second-order valence-electron chi connectivity index (χ2n) is 5.03. The summed E-state index contributed by atoms with van der Waals surface area (Å²) in [6, 6.07) is 0. The molecule has 0 aromatic rings. The van der Waals surface area contributed by atoms with Crippen LogP contribution in [0.2, 0.25) is 0 Å². The molecule has 0 aliphatic heterocycles. The molecule has 0 fully saturated rings. The second kappa shape index (κ2) is 11.0. The number of aliphatic hydroxyl groups excluding tert-OH is 2. The van der Waals surface area contributed by atoms with E-state index in [-0.39, 0.29) is 6.61 Å². The van der Waals surface area contributed by atoms with E-state index in [2.05, 4.69) is 26.1 Å². The summed E-state index contributed by atoms with van der Waals surface area (Å²) < 4.78 is 5.36. The molecule has 104 valence electrons. The Morgan fingerprint density at radius 1 is 1.18 bits per heavy atom. The van der Waals surface area contributed by atoms with Gasteiger partial charge in [0.1, 0.15) is 0 Å². The number of ether oxygens (including phenoxy) is 1. The monoisotopic (exact) mass is 247 g/mol. The number of hydrogen-bond acceptors (Lipinski definition) is 4. The molecule has 0 radical (unpaired) electrons.